The first-order chi connectivity index (χ1) is 19.4. The van der Waals surface area contributed by atoms with Gasteiger partial charge in [0.05, 0.1) is 7.11 Å². The number of phenols is 1. The number of piperidine rings is 1. The zero-order valence-corrected chi connectivity index (χ0v) is 24.4. The average molecular weight is 549 g/mol. The maximum atomic E-state index is 14.6. The zero-order chi connectivity index (χ0) is 28.3. The number of aryl methyl sites for hydroxylation is 2. The van der Waals surface area contributed by atoms with E-state index in [1.807, 2.05) is 36.4 Å². The van der Waals surface area contributed by atoms with Gasteiger partial charge in [-0.2, -0.15) is 0 Å². The largest absolute Gasteiger partial charge is 0.508 e. The third-order valence-electron chi connectivity index (χ3n) is 7.80. The van der Waals surface area contributed by atoms with Gasteiger partial charge in [-0.25, -0.2) is 4.39 Å². The number of methoxy groups -OCH3 is 1. The van der Waals surface area contributed by atoms with Gasteiger partial charge >= 0.3 is 0 Å². The van der Waals surface area contributed by atoms with Crippen LogP contribution in [0.1, 0.15) is 62.6 Å². The van der Waals surface area contributed by atoms with Crippen molar-refractivity contribution < 1.29 is 19.0 Å². The Morgan fingerprint density at radius 2 is 1.68 bits per heavy atom. The highest BCUT2D eigenvalue weighted by Crippen LogP contribution is 2.27. The number of benzene rings is 3. The lowest BCUT2D eigenvalue weighted by Crippen LogP contribution is -2.33. The summed E-state index contributed by atoms with van der Waals surface area (Å²) in [6.45, 7) is 8.52. The summed E-state index contributed by atoms with van der Waals surface area (Å²) in [7, 11) is 1.66. The van der Waals surface area contributed by atoms with E-state index in [1.54, 1.807) is 25.3 Å². The number of nitrogens with zero attached hydrogens (tertiary/aromatic N) is 2. The van der Waals surface area contributed by atoms with Crippen LogP contribution in [0.15, 0.2) is 60.7 Å². The molecule has 2 aliphatic rings. The van der Waals surface area contributed by atoms with Crippen molar-refractivity contribution in [2.45, 2.75) is 71.4 Å². The molecular formula is C34H45FN2O3. The lowest BCUT2D eigenvalue weighted by molar-refractivity contribution is 0.180. The molecule has 3 aromatic rings. The molecule has 1 aliphatic carbocycles. The molecule has 1 aliphatic heterocycles. The first-order valence-electron chi connectivity index (χ1n) is 14.8. The maximum Gasteiger partial charge on any atom is 0.165 e. The number of anilines is 1. The summed E-state index contributed by atoms with van der Waals surface area (Å²) in [5, 5.41) is 9.19. The summed E-state index contributed by atoms with van der Waals surface area (Å²) in [5.74, 6) is 1.26. The molecule has 0 radical (unpaired) electrons. The number of aromatic hydroxyl groups is 1. The summed E-state index contributed by atoms with van der Waals surface area (Å²) in [6, 6.07) is 19.3. The Hall–Kier alpha value is -3.25. The fraction of sp³-hybridized carbons (Fsp3) is 0.471. The van der Waals surface area contributed by atoms with Crippen molar-refractivity contribution in [3.63, 3.8) is 0 Å². The second kappa shape index (κ2) is 14.9. The molecule has 1 N–H and O–H groups in total. The summed E-state index contributed by atoms with van der Waals surface area (Å²) >= 11 is 0. The Balaban J connectivity index is 0.000000278. The third-order valence-corrected chi connectivity index (χ3v) is 7.80. The van der Waals surface area contributed by atoms with E-state index in [9.17, 15) is 9.50 Å². The van der Waals surface area contributed by atoms with Crippen LogP contribution in [0.4, 0.5) is 10.1 Å². The second-order valence-electron chi connectivity index (χ2n) is 11.1. The van der Waals surface area contributed by atoms with Crippen LogP contribution in [0, 0.1) is 5.82 Å². The Morgan fingerprint density at radius 1 is 0.900 bits per heavy atom. The van der Waals surface area contributed by atoms with E-state index in [0.717, 1.165) is 43.1 Å². The predicted molar refractivity (Wildman–Crippen MR) is 161 cm³/mol. The fourth-order valence-corrected chi connectivity index (χ4v) is 5.51. The molecule has 0 aromatic heterocycles. The van der Waals surface area contributed by atoms with Crippen LogP contribution in [0.3, 0.4) is 0 Å². The number of phenolic OH excluding ortho intramolecular Hbond substituents is 1. The quantitative estimate of drug-likeness (QED) is 0.302. The van der Waals surface area contributed by atoms with Crippen molar-refractivity contribution in [3.8, 4) is 17.2 Å². The highest BCUT2D eigenvalue weighted by molar-refractivity contribution is 5.52. The molecule has 1 heterocycles. The molecule has 6 heteroatoms. The molecular weight excluding hydrogens is 503 g/mol. The standard InChI is InChI=1S/C24H33FN2O2.C10H12O/c1-19(2)27(21-8-7-9-22(17-21)28-3)18-20-10-11-24(23(25)16-20)29-15-14-26-12-5-4-6-13-26;11-10-6-5-8-3-1-2-4-9(8)7-10/h7-11,16-17,19H,4-6,12-15,18H2,1-3H3;5-7,11H,1-4H2. The lowest BCUT2D eigenvalue weighted by Gasteiger charge is -2.29. The van der Waals surface area contributed by atoms with Gasteiger partial charge < -0.3 is 19.5 Å². The summed E-state index contributed by atoms with van der Waals surface area (Å²) in [5.41, 5.74) is 4.74. The first-order valence-corrected chi connectivity index (χ1v) is 14.8. The Labute approximate surface area is 239 Å². The number of hydrogen-bond acceptors (Lipinski definition) is 5. The van der Waals surface area contributed by atoms with Gasteiger partial charge in [-0.1, -0.05) is 24.6 Å². The van der Waals surface area contributed by atoms with Crippen molar-refractivity contribution in [1.29, 1.82) is 0 Å². The second-order valence-corrected chi connectivity index (χ2v) is 11.1. The van der Waals surface area contributed by atoms with E-state index in [4.69, 9.17) is 9.47 Å². The Kier molecular flexibility index (Phi) is 11.1. The molecule has 216 valence electrons. The minimum atomic E-state index is -0.296. The third kappa shape index (κ3) is 8.62. The molecule has 1 saturated heterocycles. The molecule has 0 spiro atoms. The minimum Gasteiger partial charge on any atom is -0.508 e. The van der Waals surface area contributed by atoms with Gasteiger partial charge in [0.15, 0.2) is 11.6 Å². The minimum absolute atomic E-state index is 0.269. The smallest absolute Gasteiger partial charge is 0.165 e. The van der Waals surface area contributed by atoms with E-state index in [2.05, 4.69) is 29.7 Å². The number of fused-ring (bicyclic) bond motifs is 1. The Morgan fingerprint density at radius 3 is 2.40 bits per heavy atom. The van der Waals surface area contributed by atoms with Gasteiger partial charge in [-0.05, 0) is 119 Å². The highest BCUT2D eigenvalue weighted by atomic mass is 19.1. The van der Waals surface area contributed by atoms with Gasteiger partial charge in [0.2, 0.25) is 0 Å². The van der Waals surface area contributed by atoms with Crippen molar-refractivity contribution in [1.82, 2.24) is 4.90 Å². The summed E-state index contributed by atoms with van der Waals surface area (Å²) < 4.78 is 25.7. The molecule has 1 fully saturated rings. The van der Waals surface area contributed by atoms with Crippen LogP contribution < -0.4 is 14.4 Å². The maximum absolute atomic E-state index is 14.6. The summed E-state index contributed by atoms with van der Waals surface area (Å²) in [4.78, 5) is 4.62. The summed E-state index contributed by atoms with van der Waals surface area (Å²) in [6.07, 6.45) is 8.73. The number of halogens is 1. The highest BCUT2D eigenvalue weighted by Gasteiger charge is 2.15. The lowest BCUT2D eigenvalue weighted by atomic mass is 9.92. The molecule has 0 unspecified atom stereocenters. The zero-order valence-electron chi connectivity index (χ0n) is 24.4. The van der Waals surface area contributed by atoms with Gasteiger partial charge in [0.25, 0.3) is 0 Å². The molecule has 40 heavy (non-hydrogen) atoms. The van der Waals surface area contributed by atoms with Crippen molar-refractivity contribution in [2.24, 2.45) is 0 Å². The SMILES string of the molecule is COc1cccc(N(Cc2ccc(OCCN3CCCCC3)c(F)c2)C(C)C)c1.Oc1ccc2c(c1)CCCC2. The van der Waals surface area contributed by atoms with Crippen molar-refractivity contribution in [3.05, 3.63) is 83.2 Å². The van der Waals surface area contributed by atoms with Crippen molar-refractivity contribution in [2.75, 3.05) is 38.3 Å². The number of ether oxygens (including phenoxy) is 2. The first kappa shape index (κ1) is 29.7. The van der Waals surface area contributed by atoms with E-state index in [-0.39, 0.29) is 11.9 Å². The molecule has 0 amide bonds. The number of rotatable bonds is 9. The monoisotopic (exact) mass is 548 g/mol. The van der Waals surface area contributed by atoms with Gasteiger partial charge in [0.1, 0.15) is 18.1 Å². The van der Waals surface area contributed by atoms with Crippen LogP contribution in [-0.4, -0.2) is 49.4 Å². The van der Waals surface area contributed by atoms with E-state index < -0.39 is 0 Å². The predicted octanol–water partition coefficient (Wildman–Crippen LogP) is 7.39. The Bertz CT molecular complexity index is 1210. The van der Waals surface area contributed by atoms with Crippen molar-refractivity contribution >= 4 is 5.69 Å². The molecule has 0 saturated carbocycles. The fourth-order valence-electron chi connectivity index (χ4n) is 5.51. The number of hydrogen-bond donors (Lipinski definition) is 1. The molecule has 5 nitrogen and oxygen atoms in total. The van der Waals surface area contributed by atoms with E-state index in [0.29, 0.717) is 24.7 Å². The molecule has 0 bridgehead atoms. The molecule has 3 aromatic carbocycles. The van der Waals surface area contributed by atoms with Crippen LogP contribution >= 0.6 is 0 Å². The average Bonchev–Trinajstić information content (AvgIpc) is 2.97. The van der Waals surface area contributed by atoms with Crippen LogP contribution in [0.2, 0.25) is 0 Å². The number of likely N-dealkylation sites (tertiary alicyclic amines) is 1. The van der Waals surface area contributed by atoms with E-state index >= 15 is 0 Å². The van der Waals surface area contributed by atoms with E-state index in [1.165, 1.54) is 49.7 Å². The normalized spacial score (nSPS) is 15.1. The molecule has 5 rings (SSSR count). The topological polar surface area (TPSA) is 45.2 Å². The van der Waals surface area contributed by atoms with Gasteiger partial charge in [-0.15, -0.1) is 0 Å². The van der Waals surface area contributed by atoms with Crippen LogP contribution in [0.5, 0.6) is 17.2 Å². The molecule has 0 atom stereocenters. The van der Waals surface area contributed by atoms with Crippen LogP contribution in [0.25, 0.3) is 0 Å². The van der Waals surface area contributed by atoms with Gasteiger partial charge in [0, 0.05) is 30.9 Å². The van der Waals surface area contributed by atoms with Gasteiger partial charge in [-0.3, -0.25) is 4.90 Å². The van der Waals surface area contributed by atoms with Crippen LogP contribution in [-0.2, 0) is 19.4 Å².